The Morgan fingerprint density at radius 3 is 2.36 bits per heavy atom. The fraction of sp³-hybridized carbons (Fsp3) is 0.550. The summed E-state index contributed by atoms with van der Waals surface area (Å²) >= 11 is 0. The summed E-state index contributed by atoms with van der Waals surface area (Å²) in [5.74, 6) is 2.51. The molecule has 5 heteroatoms. The topological polar surface area (TPSA) is 59.2 Å². The van der Waals surface area contributed by atoms with Crippen molar-refractivity contribution in [1.82, 2.24) is 15.0 Å². The molecule has 1 aromatic carbocycles. The quantitative estimate of drug-likeness (QED) is 0.861. The molecule has 4 rings (SSSR count). The van der Waals surface area contributed by atoms with E-state index in [-0.39, 0.29) is 17.7 Å². The summed E-state index contributed by atoms with van der Waals surface area (Å²) in [6, 6.07) is 8.57. The Labute approximate surface area is 148 Å². The lowest BCUT2D eigenvalue weighted by Crippen LogP contribution is -2.40. The van der Waals surface area contributed by atoms with Crippen molar-refractivity contribution in [2.45, 2.75) is 51.4 Å². The number of benzene rings is 1. The third kappa shape index (κ3) is 3.20. The highest BCUT2D eigenvalue weighted by Gasteiger charge is 2.31. The van der Waals surface area contributed by atoms with Gasteiger partial charge < -0.3 is 9.42 Å². The molecule has 1 amide bonds. The van der Waals surface area contributed by atoms with Crippen LogP contribution >= 0.6 is 0 Å². The van der Waals surface area contributed by atoms with Gasteiger partial charge in [0.1, 0.15) is 0 Å². The van der Waals surface area contributed by atoms with Crippen LogP contribution in [-0.2, 0) is 17.6 Å². The van der Waals surface area contributed by atoms with Gasteiger partial charge >= 0.3 is 0 Å². The number of rotatable bonds is 3. The van der Waals surface area contributed by atoms with Crippen LogP contribution in [0.4, 0.5) is 0 Å². The van der Waals surface area contributed by atoms with Crippen molar-refractivity contribution in [3.05, 3.63) is 47.1 Å². The van der Waals surface area contributed by atoms with E-state index < -0.39 is 0 Å². The first-order chi connectivity index (χ1) is 12.1. The summed E-state index contributed by atoms with van der Waals surface area (Å²) in [6.45, 7) is 5.49. The Morgan fingerprint density at radius 2 is 1.76 bits per heavy atom. The van der Waals surface area contributed by atoms with Crippen LogP contribution in [0.2, 0.25) is 0 Å². The largest absolute Gasteiger partial charge is 0.342 e. The van der Waals surface area contributed by atoms with E-state index in [1.54, 1.807) is 0 Å². The maximum absolute atomic E-state index is 12.1. The molecule has 1 aliphatic carbocycles. The van der Waals surface area contributed by atoms with Gasteiger partial charge in [-0.2, -0.15) is 4.98 Å². The third-order valence-electron chi connectivity index (χ3n) is 5.52. The second-order valence-electron chi connectivity index (χ2n) is 7.62. The summed E-state index contributed by atoms with van der Waals surface area (Å²) in [4.78, 5) is 18.8. The van der Waals surface area contributed by atoms with E-state index in [2.05, 4.69) is 29.4 Å². The maximum Gasteiger partial charge on any atom is 0.229 e. The number of hydrogen-bond donors (Lipinski definition) is 0. The standard InChI is InChI=1S/C20H25N3O2/c1-13(2)20(24)23-9-7-14(8-10-23)19-21-18(22-25-19)17-11-15-5-3-4-6-16(15)12-17/h3-6,13-14,17H,7-12H2,1-2H3. The van der Waals surface area contributed by atoms with Crippen molar-refractivity contribution >= 4 is 5.91 Å². The zero-order chi connectivity index (χ0) is 17.4. The van der Waals surface area contributed by atoms with Crippen LogP contribution in [0.3, 0.4) is 0 Å². The molecule has 132 valence electrons. The van der Waals surface area contributed by atoms with Crippen LogP contribution in [-0.4, -0.2) is 34.0 Å². The van der Waals surface area contributed by atoms with E-state index in [1.165, 1.54) is 11.1 Å². The molecule has 2 aliphatic rings. The molecule has 0 unspecified atom stereocenters. The number of carbonyl (C=O) groups excluding carboxylic acids is 1. The molecular weight excluding hydrogens is 314 g/mol. The molecule has 0 N–H and O–H groups in total. The fourth-order valence-electron chi connectivity index (χ4n) is 4.03. The molecule has 0 atom stereocenters. The van der Waals surface area contributed by atoms with Gasteiger partial charge in [-0.05, 0) is 36.8 Å². The smallest absolute Gasteiger partial charge is 0.229 e. The molecular formula is C20H25N3O2. The molecule has 2 heterocycles. The van der Waals surface area contributed by atoms with Crippen molar-refractivity contribution < 1.29 is 9.32 Å². The fourth-order valence-corrected chi connectivity index (χ4v) is 4.03. The van der Waals surface area contributed by atoms with Gasteiger partial charge in [-0.25, -0.2) is 0 Å². The second kappa shape index (κ2) is 6.62. The van der Waals surface area contributed by atoms with Crippen molar-refractivity contribution in [3.8, 4) is 0 Å². The molecule has 0 saturated carbocycles. The second-order valence-corrected chi connectivity index (χ2v) is 7.62. The summed E-state index contributed by atoms with van der Waals surface area (Å²) < 4.78 is 5.59. The Balaban J connectivity index is 1.39. The molecule has 1 saturated heterocycles. The monoisotopic (exact) mass is 339 g/mol. The highest BCUT2D eigenvalue weighted by atomic mass is 16.5. The van der Waals surface area contributed by atoms with Crippen LogP contribution in [0.15, 0.2) is 28.8 Å². The molecule has 1 aliphatic heterocycles. The number of hydrogen-bond acceptors (Lipinski definition) is 4. The molecule has 0 bridgehead atoms. The minimum atomic E-state index is 0.0653. The zero-order valence-corrected chi connectivity index (χ0v) is 14.9. The minimum Gasteiger partial charge on any atom is -0.342 e. The van der Waals surface area contributed by atoms with Crippen molar-refractivity contribution in [2.75, 3.05) is 13.1 Å². The Hall–Kier alpha value is -2.17. The number of fused-ring (bicyclic) bond motifs is 1. The summed E-state index contributed by atoms with van der Waals surface area (Å²) in [7, 11) is 0. The molecule has 1 fully saturated rings. The van der Waals surface area contributed by atoms with Crippen LogP contribution in [0.1, 0.15) is 61.4 Å². The number of aromatic nitrogens is 2. The predicted molar refractivity (Wildman–Crippen MR) is 94.3 cm³/mol. The van der Waals surface area contributed by atoms with Gasteiger partial charge in [0.15, 0.2) is 5.82 Å². The van der Waals surface area contributed by atoms with E-state index >= 15 is 0 Å². The number of nitrogens with zero attached hydrogens (tertiary/aromatic N) is 3. The van der Waals surface area contributed by atoms with E-state index in [4.69, 9.17) is 9.51 Å². The lowest BCUT2D eigenvalue weighted by atomic mass is 9.96. The first-order valence-electron chi connectivity index (χ1n) is 9.31. The molecule has 0 radical (unpaired) electrons. The summed E-state index contributed by atoms with van der Waals surface area (Å²) in [5, 5.41) is 4.27. The van der Waals surface area contributed by atoms with E-state index in [1.807, 2.05) is 18.7 Å². The average Bonchev–Trinajstić information content (AvgIpc) is 3.27. The SMILES string of the molecule is CC(C)C(=O)N1CCC(c2nc(C3Cc4ccccc4C3)no2)CC1. The van der Waals surface area contributed by atoms with E-state index in [9.17, 15) is 4.79 Å². The highest BCUT2D eigenvalue weighted by Crippen LogP contribution is 2.34. The van der Waals surface area contributed by atoms with Crippen LogP contribution < -0.4 is 0 Å². The van der Waals surface area contributed by atoms with Gasteiger partial charge in [0.05, 0.1) is 0 Å². The lowest BCUT2D eigenvalue weighted by molar-refractivity contribution is -0.135. The van der Waals surface area contributed by atoms with Gasteiger partial charge in [0.2, 0.25) is 11.8 Å². The van der Waals surface area contributed by atoms with Crippen LogP contribution in [0.5, 0.6) is 0 Å². The minimum absolute atomic E-state index is 0.0653. The van der Waals surface area contributed by atoms with Gasteiger partial charge in [0, 0.05) is 30.8 Å². The first-order valence-corrected chi connectivity index (χ1v) is 9.31. The summed E-state index contributed by atoms with van der Waals surface area (Å²) in [5.41, 5.74) is 2.80. The van der Waals surface area contributed by atoms with Gasteiger partial charge in [-0.15, -0.1) is 0 Å². The predicted octanol–water partition coefficient (Wildman–Crippen LogP) is 3.31. The highest BCUT2D eigenvalue weighted by molar-refractivity contribution is 5.78. The lowest BCUT2D eigenvalue weighted by Gasteiger charge is -2.31. The van der Waals surface area contributed by atoms with Gasteiger partial charge in [-0.1, -0.05) is 43.3 Å². The average molecular weight is 339 g/mol. The Kier molecular flexibility index (Phi) is 4.32. The van der Waals surface area contributed by atoms with Gasteiger partial charge in [-0.3, -0.25) is 4.79 Å². The normalized spacial score (nSPS) is 18.8. The van der Waals surface area contributed by atoms with E-state index in [0.29, 0.717) is 5.92 Å². The van der Waals surface area contributed by atoms with Crippen LogP contribution in [0.25, 0.3) is 0 Å². The number of carbonyl (C=O) groups is 1. The number of piperidine rings is 1. The van der Waals surface area contributed by atoms with Gasteiger partial charge in [0.25, 0.3) is 0 Å². The van der Waals surface area contributed by atoms with E-state index in [0.717, 1.165) is 50.5 Å². The van der Waals surface area contributed by atoms with Crippen molar-refractivity contribution in [2.24, 2.45) is 5.92 Å². The molecule has 0 spiro atoms. The number of amides is 1. The van der Waals surface area contributed by atoms with Crippen LogP contribution in [0, 0.1) is 5.92 Å². The number of likely N-dealkylation sites (tertiary alicyclic amines) is 1. The van der Waals surface area contributed by atoms with Crippen molar-refractivity contribution in [1.29, 1.82) is 0 Å². The molecule has 1 aromatic heterocycles. The Bertz CT molecular complexity index is 735. The zero-order valence-electron chi connectivity index (χ0n) is 14.9. The Morgan fingerprint density at radius 1 is 1.12 bits per heavy atom. The maximum atomic E-state index is 12.1. The summed E-state index contributed by atoms with van der Waals surface area (Å²) in [6.07, 6.45) is 3.81. The third-order valence-corrected chi connectivity index (χ3v) is 5.52. The molecule has 5 nitrogen and oxygen atoms in total. The first kappa shape index (κ1) is 16.3. The molecule has 2 aromatic rings. The molecule has 25 heavy (non-hydrogen) atoms. The van der Waals surface area contributed by atoms with Crippen molar-refractivity contribution in [3.63, 3.8) is 0 Å².